The Morgan fingerprint density at radius 3 is 1.76 bits per heavy atom. The summed E-state index contributed by atoms with van der Waals surface area (Å²) in [5.74, 6) is -4.39. The zero-order valence-electron chi connectivity index (χ0n) is 22.4. The maximum Gasteiger partial charge on any atom is 0.338 e. The molecule has 0 saturated carbocycles. The Hall–Kier alpha value is -4.79. The predicted octanol–water partition coefficient (Wildman–Crippen LogP) is 3.63. The van der Waals surface area contributed by atoms with Crippen LogP contribution in [-0.2, 0) is 28.7 Å². The van der Waals surface area contributed by atoms with Crippen molar-refractivity contribution in [3.05, 3.63) is 101 Å². The van der Waals surface area contributed by atoms with E-state index in [0.29, 0.717) is 24.3 Å². The van der Waals surface area contributed by atoms with Crippen molar-refractivity contribution in [3.63, 3.8) is 0 Å². The SMILES string of the molecule is CCCOC(=O)c1ccc(NC(=O)COC(=O)CN2C(=O)[C@H]3C4c5ccccc5C(c5ccccc54)[C@@H]3C2=O)cc1. The minimum absolute atomic E-state index is 0.263. The van der Waals surface area contributed by atoms with Crippen LogP contribution in [0.2, 0.25) is 0 Å². The summed E-state index contributed by atoms with van der Waals surface area (Å²) in [6.07, 6.45) is 0.712. The van der Waals surface area contributed by atoms with Crippen LogP contribution < -0.4 is 5.32 Å². The van der Waals surface area contributed by atoms with Crippen LogP contribution in [0, 0.1) is 11.8 Å². The summed E-state index contributed by atoms with van der Waals surface area (Å²) in [7, 11) is 0. The molecule has 0 spiro atoms. The zero-order chi connectivity index (χ0) is 28.7. The van der Waals surface area contributed by atoms with Gasteiger partial charge in [-0.15, -0.1) is 0 Å². The molecule has 9 nitrogen and oxygen atoms in total. The highest BCUT2D eigenvalue weighted by molar-refractivity contribution is 6.09. The molecule has 41 heavy (non-hydrogen) atoms. The number of carbonyl (C=O) groups excluding carboxylic acids is 5. The second-order valence-electron chi connectivity index (χ2n) is 10.4. The molecule has 3 aromatic rings. The number of likely N-dealkylation sites (tertiary alicyclic amines) is 1. The van der Waals surface area contributed by atoms with Gasteiger partial charge in [-0.25, -0.2) is 4.79 Å². The molecule has 1 heterocycles. The highest BCUT2D eigenvalue weighted by atomic mass is 16.5. The molecule has 7 rings (SSSR count). The number of amides is 3. The van der Waals surface area contributed by atoms with E-state index in [1.165, 1.54) is 24.3 Å². The topological polar surface area (TPSA) is 119 Å². The Morgan fingerprint density at radius 2 is 1.27 bits per heavy atom. The maximum atomic E-state index is 13.6. The van der Waals surface area contributed by atoms with Gasteiger partial charge in [0.1, 0.15) is 6.54 Å². The molecule has 4 aliphatic rings. The Bertz CT molecular complexity index is 1450. The number of benzene rings is 3. The van der Waals surface area contributed by atoms with Crippen LogP contribution in [0.3, 0.4) is 0 Å². The molecule has 1 saturated heterocycles. The van der Waals surface area contributed by atoms with Crippen LogP contribution in [0.4, 0.5) is 5.69 Å². The molecule has 208 valence electrons. The molecule has 0 radical (unpaired) electrons. The number of anilines is 1. The van der Waals surface area contributed by atoms with Crippen molar-refractivity contribution in [2.24, 2.45) is 11.8 Å². The number of nitrogens with one attached hydrogen (secondary N) is 1. The maximum absolute atomic E-state index is 13.6. The smallest absolute Gasteiger partial charge is 0.338 e. The van der Waals surface area contributed by atoms with Crippen molar-refractivity contribution < 1.29 is 33.4 Å². The van der Waals surface area contributed by atoms with Crippen LogP contribution in [0.15, 0.2) is 72.8 Å². The number of imide groups is 1. The average molecular weight is 553 g/mol. The van der Waals surface area contributed by atoms with Gasteiger partial charge < -0.3 is 14.8 Å². The normalized spacial score (nSPS) is 21.5. The van der Waals surface area contributed by atoms with Crippen molar-refractivity contribution in [1.29, 1.82) is 0 Å². The Balaban J connectivity index is 1.09. The van der Waals surface area contributed by atoms with E-state index < -0.39 is 54.6 Å². The van der Waals surface area contributed by atoms with E-state index in [-0.39, 0.29) is 11.8 Å². The molecule has 2 atom stereocenters. The summed E-state index contributed by atoms with van der Waals surface area (Å²) in [4.78, 5) is 65.1. The first-order chi connectivity index (χ1) is 19.9. The second kappa shape index (κ2) is 10.6. The van der Waals surface area contributed by atoms with E-state index >= 15 is 0 Å². The lowest BCUT2D eigenvalue weighted by molar-refractivity contribution is -0.154. The van der Waals surface area contributed by atoms with Gasteiger partial charge in [0.05, 0.1) is 24.0 Å². The lowest BCUT2D eigenvalue weighted by Crippen LogP contribution is -2.41. The average Bonchev–Trinajstić information content (AvgIpc) is 3.24. The van der Waals surface area contributed by atoms with Gasteiger partial charge >= 0.3 is 11.9 Å². The first-order valence-electron chi connectivity index (χ1n) is 13.6. The molecule has 0 unspecified atom stereocenters. The third kappa shape index (κ3) is 4.57. The van der Waals surface area contributed by atoms with Gasteiger partial charge in [-0.05, 0) is 52.9 Å². The highest BCUT2D eigenvalue weighted by Gasteiger charge is 2.61. The Kier molecular flexibility index (Phi) is 6.86. The third-order valence-electron chi connectivity index (χ3n) is 8.03. The standard InChI is InChI=1S/C32H28N2O7/c1-2-15-40-32(39)18-11-13-19(14-12-18)33-24(35)17-41-25(36)16-34-30(37)28-26-20-7-3-4-8-21(20)27(29(28)31(34)38)23-10-6-5-9-22(23)26/h3-14,26-29H,2,15-17H2,1H3,(H,33,35)/t26?,27?,28-,29-/m0/s1. The van der Waals surface area contributed by atoms with Crippen molar-refractivity contribution in [2.45, 2.75) is 25.2 Å². The molecular weight excluding hydrogens is 524 g/mol. The zero-order valence-corrected chi connectivity index (χ0v) is 22.4. The summed E-state index contributed by atoms with van der Waals surface area (Å²) in [6.45, 7) is 1.07. The summed E-state index contributed by atoms with van der Waals surface area (Å²) >= 11 is 0. The van der Waals surface area contributed by atoms with Gasteiger partial charge in [0, 0.05) is 17.5 Å². The van der Waals surface area contributed by atoms with Crippen molar-refractivity contribution in [3.8, 4) is 0 Å². The van der Waals surface area contributed by atoms with E-state index in [2.05, 4.69) is 5.32 Å². The summed E-state index contributed by atoms with van der Waals surface area (Å²) in [5.41, 5.74) is 4.94. The Morgan fingerprint density at radius 1 is 0.756 bits per heavy atom. The van der Waals surface area contributed by atoms with Crippen LogP contribution >= 0.6 is 0 Å². The molecule has 1 aliphatic heterocycles. The monoisotopic (exact) mass is 552 g/mol. The molecule has 1 fully saturated rings. The summed E-state index contributed by atoms with van der Waals surface area (Å²) < 4.78 is 10.2. The van der Waals surface area contributed by atoms with Gasteiger partial charge in [0.25, 0.3) is 5.91 Å². The number of carbonyl (C=O) groups is 5. The van der Waals surface area contributed by atoms with Gasteiger partial charge in [-0.1, -0.05) is 55.5 Å². The molecule has 9 heteroatoms. The van der Waals surface area contributed by atoms with Crippen molar-refractivity contribution >= 4 is 35.3 Å². The van der Waals surface area contributed by atoms with Gasteiger partial charge in [-0.3, -0.25) is 24.1 Å². The largest absolute Gasteiger partial charge is 0.462 e. The summed E-state index contributed by atoms with van der Waals surface area (Å²) in [5, 5.41) is 2.58. The van der Waals surface area contributed by atoms with Crippen molar-refractivity contribution in [1.82, 2.24) is 4.90 Å². The lowest BCUT2D eigenvalue weighted by Gasteiger charge is -2.45. The molecular formula is C32H28N2O7. The van der Waals surface area contributed by atoms with Crippen LogP contribution in [0.5, 0.6) is 0 Å². The highest BCUT2D eigenvalue weighted by Crippen LogP contribution is 2.60. The molecule has 3 aromatic carbocycles. The van der Waals surface area contributed by atoms with Crippen molar-refractivity contribution in [2.75, 3.05) is 25.1 Å². The minimum atomic E-state index is -0.850. The number of esters is 2. The van der Waals surface area contributed by atoms with Gasteiger partial charge in [0.15, 0.2) is 6.61 Å². The number of rotatable bonds is 8. The third-order valence-corrected chi connectivity index (χ3v) is 8.03. The Labute approximate surface area is 236 Å². The van der Waals surface area contributed by atoms with E-state index in [0.717, 1.165) is 27.2 Å². The lowest BCUT2D eigenvalue weighted by atomic mass is 9.55. The summed E-state index contributed by atoms with van der Waals surface area (Å²) in [6, 6.07) is 21.9. The van der Waals surface area contributed by atoms with Crippen LogP contribution in [0.25, 0.3) is 0 Å². The molecule has 3 aliphatic carbocycles. The quantitative estimate of drug-likeness (QED) is 0.335. The minimum Gasteiger partial charge on any atom is -0.462 e. The molecule has 1 N–H and O–H groups in total. The van der Waals surface area contributed by atoms with Gasteiger partial charge in [0.2, 0.25) is 11.8 Å². The van der Waals surface area contributed by atoms with E-state index in [1.54, 1.807) is 0 Å². The number of hydrogen-bond acceptors (Lipinski definition) is 7. The van der Waals surface area contributed by atoms with E-state index in [1.807, 2.05) is 55.5 Å². The second-order valence-corrected chi connectivity index (χ2v) is 10.4. The van der Waals surface area contributed by atoms with Crippen LogP contribution in [0.1, 0.15) is 57.8 Å². The molecule has 0 aromatic heterocycles. The fourth-order valence-electron chi connectivity index (χ4n) is 6.38. The molecule has 2 bridgehead atoms. The fourth-order valence-corrected chi connectivity index (χ4v) is 6.38. The fraction of sp³-hybridized carbons (Fsp3) is 0.281. The van der Waals surface area contributed by atoms with Crippen LogP contribution in [-0.4, -0.2) is 54.3 Å². The van der Waals surface area contributed by atoms with E-state index in [9.17, 15) is 24.0 Å². The molecule has 3 amide bonds. The number of hydrogen-bond donors (Lipinski definition) is 1. The predicted molar refractivity (Wildman–Crippen MR) is 147 cm³/mol. The number of nitrogens with zero attached hydrogens (tertiary/aromatic N) is 1. The van der Waals surface area contributed by atoms with Gasteiger partial charge in [-0.2, -0.15) is 0 Å². The first kappa shape index (κ1) is 26.4. The number of ether oxygens (including phenoxy) is 2. The first-order valence-corrected chi connectivity index (χ1v) is 13.6. The van der Waals surface area contributed by atoms with E-state index in [4.69, 9.17) is 9.47 Å².